The smallest absolute Gasteiger partial charge is 0.230 e. The summed E-state index contributed by atoms with van der Waals surface area (Å²) in [5.74, 6) is 0.497. The van der Waals surface area contributed by atoms with Crippen molar-refractivity contribution < 1.29 is 4.79 Å². The summed E-state index contributed by atoms with van der Waals surface area (Å²) in [6.07, 6.45) is 7.16. The van der Waals surface area contributed by atoms with Gasteiger partial charge in [-0.05, 0) is 60.8 Å². The average Bonchev–Trinajstić information content (AvgIpc) is 3.32. The molecule has 27 heavy (non-hydrogen) atoms. The first-order chi connectivity index (χ1) is 12.8. The summed E-state index contributed by atoms with van der Waals surface area (Å²) in [6.45, 7) is 11.8. The second kappa shape index (κ2) is 8.09. The molecule has 1 N–H and O–H groups in total. The number of thioether (sulfide) groups is 1. The third kappa shape index (κ3) is 5.16. The van der Waals surface area contributed by atoms with Gasteiger partial charge in [-0.2, -0.15) is 0 Å². The summed E-state index contributed by atoms with van der Waals surface area (Å²) in [6, 6.07) is 5.18. The number of hydrogen-bond acceptors (Lipinski definition) is 3. The molecule has 1 heterocycles. The second-order valence-corrected chi connectivity index (χ2v) is 9.52. The molecular formula is C22H31N3OS. The molecule has 1 aliphatic carbocycles. The number of carbonyl (C=O) groups excluding carboxylic acids is 1. The highest BCUT2D eigenvalue weighted by Crippen LogP contribution is 2.37. The normalized spacial score (nSPS) is 14.4. The molecule has 0 spiro atoms. The van der Waals surface area contributed by atoms with Crippen molar-refractivity contribution in [3.63, 3.8) is 0 Å². The highest BCUT2D eigenvalue weighted by molar-refractivity contribution is 7.99. The first kappa shape index (κ1) is 20.0. The summed E-state index contributed by atoms with van der Waals surface area (Å²) >= 11 is 1.53. The summed E-state index contributed by atoms with van der Waals surface area (Å²) in [7, 11) is 0. The number of rotatable bonds is 7. The Morgan fingerprint density at radius 3 is 2.52 bits per heavy atom. The van der Waals surface area contributed by atoms with Gasteiger partial charge in [-0.3, -0.25) is 4.79 Å². The lowest BCUT2D eigenvalue weighted by atomic mass is 9.83. The quantitative estimate of drug-likeness (QED) is 0.710. The van der Waals surface area contributed by atoms with Crippen LogP contribution in [0.25, 0.3) is 0 Å². The van der Waals surface area contributed by atoms with E-state index in [-0.39, 0.29) is 11.3 Å². The predicted molar refractivity (Wildman–Crippen MR) is 113 cm³/mol. The van der Waals surface area contributed by atoms with Gasteiger partial charge in [0.15, 0.2) is 5.16 Å². The molecule has 0 unspecified atom stereocenters. The fourth-order valence-electron chi connectivity index (χ4n) is 3.37. The Labute approximate surface area is 167 Å². The zero-order valence-corrected chi connectivity index (χ0v) is 17.9. The Morgan fingerprint density at radius 2 is 1.93 bits per heavy atom. The van der Waals surface area contributed by atoms with Gasteiger partial charge in [0.1, 0.15) is 0 Å². The van der Waals surface area contributed by atoms with Gasteiger partial charge < -0.3 is 9.88 Å². The maximum Gasteiger partial charge on any atom is 0.230 e. The number of amides is 1. The van der Waals surface area contributed by atoms with Gasteiger partial charge >= 0.3 is 0 Å². The van der Waals surface area contributed by atoms with Gasteiger partial charge in [-0.15, -0.1) is 0 Å². The molecule has 1 aliphatic rings. The molecule has 4 nitrogen and oxygen atoms in total. The zero-order valence-electron chi connectivity index (χ0n) is 17.1. The molecule has 0 aliphatic heterocycles. The van der Waals surface area contributed by atoms with Crippen LogP contribution < -0.4 is 5.32 Å². The summed E-state index contributed by atoms with van der Waals surface area (Å²) in [4.78, 5) is 16.6. The summed E-state index contributed by atoms with van der Waals surface area (Å²) in [5, 5.41) is 4.02. The number of imidazole rings is 1. The Bertz CT molecular complexity index is 792. The molecule has 0 saturated heterocycles. The van der Waals surface area contributed by atoms with Crippen molar-refractivity contribution >= 4 is 17.7 Å². The van der Waals surface area contributed by atoms with Gasteiger partial charge in [0.25, 0.3) is 0 Å². The van der Waals surface area contributed by atoms with E-state index in [0.717, 1.165) is 11.6 Å². The van der Waals surface area contributed by atoms with Crippen LogP contribution in [0.5, 0.6) is 0 Å². The van der Waals surface area contributed by atoms with Crippen LogP contribution >= 0.6 is 11.8 Å². The van der Waals surface area contributed by atoms with Gasteiger partial charge in [0.2, 0.25) is 5.91 Å². The Morgan fingerprint density at radius 1 is 1.26 bits per heavy atom. The van der Waals surface area contributed by atoms with E-state index in [1.807, 2.05) is 12.4 Å². The molecule has 0 atom stereocenters. The molecule has 146 valence electrons. The third-order valence-corrected chi connectivity index (χ3v) is 6.15. The van der Waals surface area contributed by atoms with E-state index in [9.17, 15) is 4.79 Å². The maximum atomic E-state index is 12.2. The monoisotopic (exact) mass is 385 g/mol. The molecule has 2 aromatic rings. The summed E-state index contributed by atoms with van der Waals surface area (Å²) < 4.78 is 2.20. The number of aryl methyl sites for hydroxylation is 2. The van der Waals surface area contributed by atoms with Gasteiger partial charge in [-0.25, -0.2) is 4.98 Å². The van der Waals surface area contributed by atoms with Crippen molar-refractivity contribution in [1.29, 1.82) is 0 Å². The molecule has 1 amide bonds. The third-order valence-electron chi connectivity index (χ3n) is 5.16. The van der Waals surface area contributed by atoms with Crippen LogP contribution in [0, 0.1) is 13.8 Å². The fraction of sp³-hybridized carbons (Fsp3) is 0.545. The van der Waals surface area contributed by atoms with E-state index in [2.05, 4.69) is 61.6 Å². The molecule has 0 bridgehead atoms. The highest BCUT2D eigenvalue weighted by atomic mass is 32.2. The SMILES string of the molecule is Cc1cc(C(C)(C)C)cc(C)c1CCNC(=O)CSc1nccn1C1CC1. The lowest BCUT2D eigenvalue weighted by molar-refractivity contribution is -0.118. The van der Waals surface area contributed by atoms with Crippen molar-refractivity contribution in [2.24, 2.45) is 0 Å². The van der Waals surface area contributed by atoms with E-state index >= 15 is 0 Å². The van der Waals surface area contributed by atoms with Crippen molar-refractivity contribution in [2.75, 3.05) is 12.3 Å². The highest BCUT2D eigenvalue weighted by Gasteiger charge is 2.25. The average molecular weight is 386 g/mol. The van der Waals surface area contributed by atoms with Crippen LogP contribution in [-0.2, 0) is 16.6 Å². The van der Waals surface area contributed by atoms with E-state index in [0.29, 0.717) is 18.3 Å². The lowest BCUT2D eigenvalue weighted by Crippen LogP contribution is -2.27. The van der Waals surface area contributed by atoms with Crippen LogP contribution in [-0.4, -0.2) is 27.8 Å². The first-order valence-corrected chi connectivity index (χ1v) is 10.8. The molecule has 1 aromatic heterocycles. The molecule has 1 aromatic carbocycles. The van der Waals surface area contributed by atoms with Crippen molar-refractivity contribution in [3.05, 3.63) is 46.8 Å². The molecule has 1 saturated carbocycles. The number of nitrogens with one attached hydrogen (secondary N) is 1. The predicted octanol–water partition coefficient (Wildman–Crippen LogP) is 4.58. The van der Waals surface area contributed by atoms with Gasteiger partial charge in [0.05, 0.1) is 5.75 Å². The Kier molecular flexibility index (Phi) is 5.99. The minimum absolute atomic E-state index is 0.0759. The maximum absolute atomic E-state index is 12.2. The molecule has 1 fully saturated rings. The molecule has 3 rings (SSSR count). The van der Waals surface area contributed by atoms with E-state index in [1.165, 1.54) is 46.9 Å². The topological polar surface area (TPSA) is 46.9 Å². The number of carbonyl (C=O) groups is 1. The fourth-order valence-corrected chi connectivity index (χ4v) is 4.23. The van der Waals surface area contributed by atoms with Gasteiger partial charge in [0, 0.05) is 25.0 Å². The number of nitrogens with zero attached hydrogens (tertiary/aromatic N) is 2. The van der Waals surface area contributed by atoms with Crippen LogP contribution in [0.15, 0.2) is 29.7 Å². The van der Waals surface area contributed by atoms with Crippen molar-refractivity contribution in [2.45, 2.75) is 70.5 Å². The number of aromatic nitrogens is 2. The van der Waals surface area contributed by atoms with E-state index in [4.69, 9.17) is 0 Å². The van der Waals surface area contributed by atoms with Crippen LogP contribution in [0.2, 0.25) is 0 Å². The van der Waals surface area contributed by atoms with Crippen molar-refractivity contribution in [3.8, 4) is 0 Å². The van der Waals surface area contributed by atoms with E-state index < -0.39 is 0 Å². The lowest BCUT2D eigenvalue weighted by Gasteiger charge is -2.22. The standard InChI is InChI=1S/C22H31N3OS/c1-15-12-17(22(3,4)5)13-16(2)19(15)8-9-23-20(26)14-27-21-24-10-11-25(21)18-6-7-18/h10-13,18H,6-9,14H2,1-5H3,(H,23,26). The van der Waals surface area contributed by atoms with Crippen molar-refractivity contribution in [1.82, 2.24) is 14.9 Å². The molecule has 5 heteroatoms. The molecule has 0 radical (unpaired) electrons. The van der Waals surface area contributed by atoms with Crippen LogP contribution in [0.3, 0.4) is 0 Å². The van der Waals surface area contributed by atoms with E-state index in [1.54, 1.807) is 0 Å². The Hall–Kier alpha value is -1.75. The molecular weight excluding hydrogens is 354 g/mol. The van der Waals surface area contributed by atoms with Gasteiger partial charge in [-0.1, -0.05) is 44.7 Å². The number of benzene rings is 1. The summed E-state index contributed by atoms with van der Waals surface area (Å²) in [5.41, 5.74) is 5.50. The largest absolute Gasteiger partial charge is 0.355 e. The van der Waals surface area contributed by atoms with Crippen LogP contribution in [0.1, 0.15) is 61.9 Å². The number of hydrogen-bond donors (Lipinski definition) is 1. The minimum atomic E-state index is 0.0759. The second-order valence-electron chi connectivity index (χ2n) is 8.58. The Balaban J connectivity index is 1.49. The minimum Gasteiger partial charge on any atom is -0.355 e. The van der Waals surface area contributed by atoms with Crippen LogP contribution in [0.4, 0.5) is 0 Å². The zero-order chi connectivity index (χ0) is 19.6. The first-order valence-electron chi connectivity index (χ1n) is 9.78.